The summed E-state index contributed by atoms with van der Waals surface area (Å²) in [6.07, 6.45) is 2.73. The van der Waals surface area contributed by atoms with Crippen molar-refractivity contribution >= 4 is 33.3 Å². The highest BCUT2D eigenvalue weighted by atomic mass is 35.5. The number of sulfonamides is 1. The summed E-state index contributed by atoms with van der Waals surface area (Å²) in [6, 6.07) is 4.22. The summed E-state index contributed by atoms with van der Waals surface area (Å²) in [5.74, 6) is -2.66. The third-order valence-electron chi connectivity index (χ3n) is 2.47. The molecule has 9 heteroatoms. The molecular formula is C12H8ClFN2O4S. The van der Waals surface area contributed by atoms with E-state index < -0.39 is 37.3 Å². The number of carboxylic acids is 1. The maximum atomic E-state index is 13.6. The van der Waals surface area contributed by atoms with E-state index >= 15 is 0 Å². The van der Waals surface area contributed by atoms with Gasteiger partial charge in [0.25, 0.3) is 10.0 Å². The molecule has 2 rings (SSSR count). The molecule has 21 heavy (non-hydrogen) atoms. The Bertz CT molecular complexity index is 796. The van der Waals surface area contributed by atoms with Gasteiger partial charge in [0.2, 0.25) is 0 Å². The molecule has 2 aromatic rings. The predicted molar refractivity (Wildman–Crippen MR) is 73.4 cm³/mol. The number of carboxylic acid groups (broad SMARTS) is 1. The van der Waals surface area contributed by atoms with Crippen molar-refractivity contribution < 1.29 is 22.7 Å². The molecule has 110 valence electrons. The molecule has 0 unspecified atom stereocenters. The van der Waals surface area contributed by atoms with Crippen LogP contribution in [-0.4, -0.2) is 24.5 Å². The van der Waals surface area contributed by atoms with E-state index in [9.17, 15) is 17.6 Å². The molecule has 0 saturated carbocycles. The number of rotatable bonds is 4. The van der Waals surface area contributed by atoms with Crippen molar-refractivity contribution in [1.82, 2.24) is 4.98 Å². The Hall–Kier alpha value is -2.19. The Labute approximate surface area is 124 Å². The van der Waals surface area contributed by atoms with Gasteiger partial charge >= 0.3 is 5.97 Å². The first kappa shape index (κ1) is 15.2. The smallest absolute Gasteiger partial charge is 0.337 e. The van der Waals surface area contributed by atoms with Crippen molar-refractivity contribution in [1.29, 1.82) is 0 Å². The van der Waals surface area contributed by atoms with Crippen LogP contribution in [0, 0.1) is 5.82 Å². The van der Waals surface area contributed by atoms with Crippen LogP contribution in [0.4, 0.5) is 10.1 Å². The second kappa shape index (κ2) is 5.66. The van der Waals surface area contributed by atoms with Crippen molar-refractivity contribution in [3.63, 3.8) is 0 Å². The average molecular weight is 331 g/mol. The lowest BCUT2D eigenvalue weighted by atomic mass is 10.2. The van der Waals surface area contributed by atoms with Gasteiger partial charge in [-0.2, -0.15) is 0 Å². The number of hydrogen-bond acceptors (Lipinski definition) is 4. The number of carbonyl (C=O) groups is 1. The van der Waals surface area contributed by atoms with Crippen LogP contribution in [0.2, 0.25) is 5.02 Å². The summed E-state index contributed by atoms with van der Waals surface area (Å²) in [5, 5.41) is 8.25. The Morgan fingerprint density at radius 2 is 1.90 bits per heavy atom. The minimum atomic E-state index is -4.15. The maximum absolute atomic E-state index is 13.6. The molecule has 0 atom stereocenters. The van der Waals surface area contributed by atoms with Crippen LogP contribution in [-0.2, 0) is 10.0 Å². The molecule has 1 heterocycles. The predicted octanol–water partition coefficient (Wildman–Crippen LogP) is 2.37. The van der Waals surface area contributed by atoms with Crippen molar-refractivity contribution in [2.45, 2.75) is 4.90 Å². The number of hydrogen-bond donors (Lipinski definition) is 2. The molecule has 0 spiro atoms. The van der Waals surface area contributed by atoms with Gasteiger partial charge in [0.15, 0.2) is 0 Å². The molecule has 1 aromatic heterocycles. The number of aromatic nitrogens is 1. The van der Waals surface area contributed by atoms with Crippen LogP contribution in [0.1, 0.15) is 10.4 Å². The lowest BCUT2D eigenvalue weighted by molar-refractivity contribution is 0.0696. The zero-order valence-electron chi connectivity index (χ0n) is 10.2. The Morgan fingerprint density at radius 1 is 1.29 bits per heavy atom. The van der Waals surface area contributed by atoms with Gasteiger partial charge in [-0.3, -0.25) is 9.71 Å². The topological polar surface area (TPSA) is 96.4 Å². The van der Waals surface area contributed by atoms with Crippen molar-refractivity contribution in [3.8, 4) is 0 Å². The number of nitrogens with zero attached hydrogens (tertiary/aromatic N) is 1. The van der Waals surface area contributed by atoms with Crippen LogP contribution in [0.3, 0.4) is 0 Å². The van der Waals surface area contributed by atoms with Gasteiger partial charge in [-0.25, -0.2) is 17.6 Å². The first-order valence-corrected chi connectivity index (χ1v) is 7.32. The van der Waals surface area contributed by atoms with Gasteiger partial charge in [0.05, 0.1) is 21.2 Å². The fourth-order valence-electron chi connectivity index (χ4n) is 1.51. The zero-order valence-corrected chi connectivity index (χ0v) is 11.8. The molecule has 0 fully saturated rings. The van der Waals surface area contributed by atoms with Gasteiger partial charge < -0.3 is 5.11 Å². The average Bonchev–Trinajstić information content (AvgIpc) is 2.41. The van der Waals surface area contributed by atoms with E-state index in [1.807, 2.05) is 0 Å². The standard InChI is InChI=1S/C12H8ClFN2O4S/c13-11-9(12(17)18)5-8(6-10(11)14)21(19,20)16-7-1-3-15-4-2-7/h1-6H,(H,15,16)(H,17,18). The van der Waals surface area contributed by atoms with E-state index in [1.54, 1.807) is 0 Å². The first-order chi connectivity index (χ1) is 9.81. The number of benzene rings is 1. The largest absolute Gasteiger partial charge is 0.478 e. The number of pyridine rings is 1. The quantitative estimate of drug-likeness (QED) is 0.897. The first-order valence-electron chi connectivity index (χ1n) is 5.46. The summed E-state index contributed by atoms with van der Waals surface area (Å²) < 4.78 is 40.0. The number of nitrogens with one attached hydrogen (secondary N) is 1. The molecule has 0 saturated heterocycles. The lowest BCUT2D eigenvalue weighted by Crippen LogP contribution is -2.14. The summed E-state index contributed by atoms with van der Waals surface area (Å²) in [7, 11) is -4.15. The highest BCUT2D eigenvalue weighted by Gasteiger charge is 2.22. The Kier molecular flexibility index (Phi) is 4.10. The van der Waals surface area contributed by atoms with E-state index in [2.05, 4.69) is 9.71 Å². The lowest BCUT2D eigenvalue weighted by Gasteiger charge is -2.09. The summed E-state index contributed by atoms with van der Waals surface area (Å²) in [6.45, 7) is 0. The van der Waals surface area contributed by atoms with Crippen LogP contribution in [0.15, 0.2) is 41.6 Å². The normalized spacial score (nSPS) is 11.1. The summed E-state index contributed by atoms with van der Waals surface area (Å²) >= 11 is 5.49. The molecule has 0 bridgehead atoms. The van der Waals surface area contributed by atoms with Gasteiger partial charge in [-0.1, -0.05) is 11.6 Å². The molecule has 0 amide bonds. The summed E-state index contributed by atoms with van der Waals surface area (Å²) in [5.41, 5.74) is -0.427. The number of halogens is 2. The molecule has 6 nitrogen and oxygen atoms in total. The molecular weight excluding hydrogens is 323 g/mol. The monoisotopic (exact) mass is 330 g/mol. The Balaban J connectivity index is 2.48. The van der Waals surface area contributed by atoms with Gasteiger partial charge in [0, 0.05) is 12.4 Å². The number of aromatic carboxylic acids is 1. The minimum absolute atomic E-state index is 0.206. The van der Waals surface area contributed by atoms with Crippen LogP contribution >= 0.6 is 11.6 Å². The molecule has 1 aromatic carbocycles. The van der Waals surface area contributed by atoms with E-state index in [1.165, 1.54) is 24.5 Å². The molecule has 2 N–H and O–H groups in total. The van der Waals surface area contributed by atoms with Crippen molar-refractivity contribution in [3.05, 3.63) is 53.1 Å². The third-order valence-corrected chi connectivity index (χ3v) is 4.22. The molecule has 0 radical (unpaired) electrons. The van der Waals surface area contributed by atoms with Gasteiger partial charge in [-0.05, 0) is 24.3 Å². The second-order valence-corrected chi connectivity index (χ2v) is 5.97. The molecule has 0 aliphatic heterocycles. The minimum Gasteiger partial charge on any atom is -0.478 e. The summed E-state index contributed by atoms with van der Waals surface area (Å²) in [4.78, 5) is 14.1. The van der Waals surface area contributed by atoms with Crippen molar-refractivity contribution in [2.24, 2.45) is 0 Å². The van der Waals surface area contributed by atoms with Gasteiger partial charge in [0.1, 0.15) is 5.82 Å². The van der Waals surface area contributed by atoms with Crippen LogP contribution < -0.4 is 4.72 Å². The van der Waals surface area contributed by atoms with E-state index in [0.29, 0.717) is 6.07 Å². The third kappa shape index (κ3) is 3.29. The SMILES string of the molecule is O=C(O)c1cc(S(=O)(=O)Nc2ccncc2)cc(F)c1Cl. The maximum Gasteiger partial charge on any atom is 0.337 e. The van der Waals surface area contributed by atoms with E-state index in [0.717, 1.165) is 6.07 Å². The van der Waals surface area contributed by atoms with E-state index in [4.69, 9.17) is 16.7 Å². The fourth-order valence-corrected chi connectivity index (χ4v) is 2.79. The van der Waals surface area contributed by atoms with E-state index in [-0.39, 0.29) is 5.69 Å². The fraction of sp³-hybridized carbons (Fsp3) is 0. The molecule has 0 aliphatic carbocycles. The second-order valence-electron chi connectivity index (χ2n) is 3.91. The van der Waals surface area contributed by atoms with Crippen LogP contribution in [0.5, 0.6) is 0 Å². The molecule has 0 aliphatic rings. The highest BCUT2D eigenvalue weighted by Crippen LogP contribution is 2.25. The number of anilines is 1. The van der Waals surface area contributed by atoms with Crippen LogP contribution in [0.25, 0.3) is 0 Å². The van der Waals surface area contributed by atoms with Gasteiger partial charge in [-0.15, -0.1) is 0 Å². The Morgan fingerprint density at radius 3 is 2.48 bits per heavy atom. The van der Waals surface area contributed by atoms with Crippen molar-refractivity contribution in [2.75, 3.05) is 4.72 Å². The zero-order chi connectivity index (χ0) is 15.6. The highest BCUT2D eigenvalue weighted by molar-refractivity contribution is 7.92.